The smallest absolute Gasteiger partial charge is 0.243 e. The number of nitrogens with zero attached hydrogens (tertiary/aromatic N) is 1. The van der Waals surface area contributed by atoms with Crippen LogP contribution < -0.4 is 14.8 Å². The Kier molecular flexibility index (Phi) is 7.30. The summed E-state index contributed by atoms with van der Waals surface area (Å²) in [4.78, 5) is 12.5. The molecule has 0 spiro atoms. The molecule has 0 radical (unpaired) electrons. The lowest BCUT2D eigenvalue weighted by Gasteiger charge is -2.26. The summed E-state index contributed by atoms with van der Waals surface area (Å²) in [5.41, 5.74) is 1.42. The summed E-state index contributed by atoms with van der Waals surface area (Å²) < 4.78 is 43.2. The van der Waals surface area contributed by atoms with Gasteiger partial charge >= 0.3 is 0 Å². The molecular weight excluding hydrogens is 408 g/mol. The number of benzene rings is 2. The quantitative estimate of drug-likeness (QED) is 0.686. The van der Waals surface area contributed by atoms with E-state index < -0.39 is 10.0 Å². The van der Waals surface area contributed by atoms with Crippen molar-refractivity contribution in [2.24, 2.45) is 0 Å². The molecule has 3 rings (SSSR count). The molecule has 8 nitrogen and oxygen atoms in total. The Balaban J connectivity index is 1.65. The van der Waals surface area contributed by atoms with Crippen molar-refractivity contribution in [3.8, 4) is 11.5 Å². The maximum absolute atomic E-state index is 12.9. The lowest BCUT2D eigenvalue weighted by Crippen LogP contribution is -2.40. The predicted molar refractivity (Wildman–Crippen MR) is 112 cm³/mol. The van der Waals surface area contributed by atoms with Gasteiger partial charge in [0.25, 0.3) is 0 Å². The Labute approximate surface area is 176 Å². The van der Waals surface area contributed by atoms with Crippen LogP contribution in [0.2, 0.25) is 0 Å². The molecule has 1 aliphatic heterocycles. The van der Waals surface area contributed by atoms with Crippen LogP contribution in [0, 0.1) is 6.92 Å². The number of carbonyl (C=O) groups is 1. The van der Waals surface area contributed by atoms with E-state index in [9.17, 15) is 13.2 Å². The average Bonchev–Trinajstić information content (AvgIpc) is 2.75. The third kappa shape index (κ3) is 5.50. The summed E-state index contributed by atoms with van der Waals surface area (Å²) in [5.74, 6) is 0.759. The largest absolute Gasteiger partial charge is 0.495 e. The Bertz CT molecular complexity index is 969. The van der Waals surface area contributed by atoms with Gasteiger partial charge in [0.1, 0.15) is 11.5 Å². The number of ether oxygens (including phenoxy) is 3. The standard InChI is InChI=1S/C21H26N2O6S/c1-16-3-5-17(6-4-16)29-12-9-21(24)22-19-15-18(7-8-20(19)27-2)30(25,26)23-10-13-28-14-11-23/h3-8,15H,9-14H2,1-2H3,(H,22,24). The van der Waals surface area contributed by atoms with E-state index in [1.165, 1.54) is 29.6 Å². The molecule has 2 aromatic carbocycles. The number of sulfonamides is 1. The van der Waals surface area contributed by atoms with Gasteiger partial charge in [0.15, 0.2) is 0 Å². The number of carbonyl (C=O) groups excluding carboxylic acids is 1. The zero-order valence-electron chi connectivity index (χ0n) is 17.1. The number of rotatable bonds is 8. The van der Waals surface area contributed by atoms with Crippen molar-refractivity contribution in [3.05, 3.63) is 48.0 Å². The number of amides is 1. The molecule has 30 heavy (non-hydrogen) atoms. The highest BCUT2D eigenvalue weighted by molar-refractivity contribution is 7.89. The first-order chi connectivity index (χ1) is 14.4. The minimum Gasteiger partial charge on any atom is -0.495 e. The van der Waals surface area contributed by atoms with Gasteiger partial charge in [-0.15, -0.1) is 0 Å². The second-order valence-corrected chi connectivity index (χ2v) is 8.78. The molecule has 1 aliphatic rings. The molecule has 0 aliphatic carbocycles. The van der Waals surface area contributed by atoms with Crippen molar-refractivity contribution in [2.75, 3.05) is 45.3 Å². The number of anilines is 1. The van der Waals surface area contributed by atoms with E-state index in [4.69, 9.17) is 14.2 Å². The molecule has 0 unspecified atom stereocenters. The Morgan fingerprint density at radius 1 is 1.13 bits per heavy atom. The van der Waals surface area contributed by atoms with Crippen LogP contribution in [0.3, 0.4) is 0 Å². The number of aryl methyl sites for hydroxylation is 1. The fourth-order valence-corrected chi connectivity index (χ4v) is 4.42. The lowest BCUT2D eigenvalue weighted by molar-refractivity contribution is -0.116. The molecule has 0 saturated carbocycles. The monoisotopic (exact) mass is 434 g/mol. The van der Waals surface area contributed by atoms with E-state index >= 15 is 0 Å². The van der Waals surface area contributed by atoms with Crippen LogP contribution in [0.1, 0.15) is 12.0 Å². The van der Waals surface area contributed by atoms with Crippen molar-refractivity contribution in [1.82, 2.24) is 4.31 Å². The topological polar surface area (TPSA) is 94.2 Å². The van der Waals surface area contributed by atoms with Crippen molar-refractivity contribution < 1.29 is 27.4 Å². The van der Waals surface area contributed by atoms with Gasteiger partial charge in [-0.1, -0.05) is 17.7 Å². The second kappa shape index (κ2) is 9.92. The third-order valence-electron chi connectivity index (χ3n) is 4.67. The van der Waals surface area contributed by atoms with E-state index in [0.29, 0.717) is 43.5 Å². The van der Waals surface area contributed by atoms with Crippen molar-refractivity contribution in [3.63, 3.8) is 0 Å². The first kappa shape index (κ1) is 22.1. The number of nitrogens with one attached hydrogen (secondary N) is 1. The van der Waals surface area contributed by atoms with E-state index in [2.05, 4.69) is 5.32 Å². The minimum atomic E-state index is -3.68. The first-order valence-electron chi connectivity index (χ1n) is 9.65. The lowest BCUT2D eigenvalue weighted by atomic mass is 10.2. The van der Waals surface area contributed by atoms with Gasteiger partial charge in [0, 0.05) is 13.1 Å². The number of morpholine rings is 1. The van der Waals surface area contributed by atoms with Crippen LogP contribution in [0.15, 0.2) is 47.4 Å². The van der Waals surface area contributed by atoms with Crippen molar-refractivity contribution >= 4 is 21.6 Å². The zero-order valence-corrected chi connectivity index (χ0v) is 17.9. The number of methoxy groups -OCH3 is 1. The molecular formula is C21H26N2O6S. The third-order valence-corrected chi connectivity index (χ3v) is 6.57. The Hall–Kier alpha value is -2.62. The molecule has 1 amide bonds. The molecule has 2 aromatic rings. The van der Waals surface area contributed by atoms with Crippen LogP contribution in [-0.2, 0) is 19.6 Å². The van der Waals surface area contributed by atoms with Gasteiger partial charge < -0.3 is 19.5 Å². The molecule has 9 heteroatoms. The van der Waals surface area contributed by atoms with Gasteiger partial charge in [0.2, 0.25) is 15.9 Å². The number of hydrogen-bond donors (Lipinski definition) is 1. The highest BCUT2D eigenvalue weighted by Crippen LogP contribution is 2.29. The van der Waals surface area contributed by atoms with E-state index in [1.807, 2.05) is 31.2 Å². The van der Waals surface area contributed by atoms with Crippen molar-refractivity contribution in [2.45, 2.75) is 18.2 Å². The Morgan fingerprint density at radius 3 is 2.50 bits per heavy atom. The molecule has 0 atom stereocenters. The zero-order chi connectivity index (χ0) is 21.6. The highest BCUT2D eigenvalue weighted by Gasteiger charge is 2.27. The van der Waals surface area contributed by atoms with Crippen LogP contribution in [0.4, 0.5) is 5.69 Å². The molecule has 1 heterocycles. The highest BCUT2D eigenvalue weighted by atomic mass is 32.2. The van der Waals surface area contributed by atoms with E-state index in [1.54, 1.807) is 0 Å². The molecule has 162 valence electrons. The summed E-state index contributed by atoms with van der Waals surface area (Å²) in [7, 11) is -2.22. The summed E-state index contributed by atoms with van der Waals surface area (Å²) >= 11 is 0. The van der Waals surface area contributed by atoms with Gasteiger partial charge in [0.05, 0.1) is 43.9 Å². The summed E-state index contributed by atoms with van der Waals surface area (Å²) in [6.07, 6.45) is 0.109. The normalized spacial score (nSPS) is 14.9. The average molecular weight is 435 g/mol. The minimum absolute atomic E-state index is 0.0939. The van der Waals surface area contributed by atoms with Crippen LogP contribution >= 0.6 is 0 Å². The second-order valence-electron chi connectivity index (χ2n) is 6.84. The summed E-state index contributed by atoms with van der Waals surface area (Å²) in [5, 5.41) is 2.72. The predicted octanol–water partition coefficient (Wildman–Crippen LogP) is 2.43. The fourth-order valence-electron chi connectivity index (χ4n) is 2.99. The fraction of sp³-hybridized carbons (Fsp3) is 0.381. The summed E-state index contributed by atoms with van der Waals surface area (Å²) in [6, 6.07) is 12.0. The van der Waals surface area contributed by atoms with Crippen LogP contribution in [0.25, 0.3) is 0 Å². The van der Waals surface area contributed by atoms with Crippen LogP contribution in [-0.4, -0.2) is 58.7 Å². The maximum atomic E-state index is 12.9. The molecule has 0 aromatic heterocycles. The van der Waals surface area contributed by atoms with Gasteiger partial charge in [-0.3, -0.25) is 4.79 Å². The SMILES string of the molecule is COc1ccc(S(=O)(=O)N2CCOCC2)cc1NC(=O)CCOc1ccc(C)cc1. The molecule has 1 fully saturated rings. The van der Waals surface area contributed by atoms with Crippen molar-refractivity contribution in [1.29, 1.82) is 0 Å². The van der Waals surface area contributed by atoms with E-state index in [0.717, 1.165) is 5.56 Å². The number of hydrogen-bond acceptors (Lipinski definition) is 6. The molecule has 1 saturated heterocycles. The van der Waals surface area contributed by atoms with Gasteiger partial charge in [-0.25, -0.2) is 8.42 Å². The van der Waals surface area contributed by atoms with Crippen LogP contribution in [0.5, 0.6) is 11.5 Å². The van der Waals surface area contributed by atoms with Gasteiger partial charge in [-0.2, -0.15) is 4.31 Å². The maximum Gasteiger partial charge on any atom is 0.243 e. The first-order valence-corrected chi connectivity index (χ1v) is 11.1. The van der Waals surface area contributed by atoms with Gasteiger partial charge in [-0.05, 0) is 37.3 Å². The molecule has 0 bridgehead atoms. The Morgan fingerprint density at radius 2 is 1.83 bits per heavy atom. The summed E-state index contributed by atoms with van der Waals surface area (Å²) in [6.45, 7) is 3.50. The molecule has 1 N–H and O–H groups in total. The van der Waals surface area contributed by atoms with E-state index in [-0.39, 0.29) is 23.8 Å².